The summed E-state index contributed by atoms with van der Waals surface area (Å²) in [7, 11) is 3.34. The average Bonchev–Trinajstić information content (AvgIpc) is 2.47. The van der Waals surface area contributed by atoms with Gasteiger partial charge < -0.3 is 14.9 Å². The van der Waals surface area contributed by atoms with Gasteiger partial charge in [-0.1, -0.05) is 0 Å². The van der Waals surface area contributed by atoms with Crippen molar-refractivity contribution in [2.75, 3.05) is 32.1 Å². The summed E-state index contributed by atoms with van der Waals surface area (Å²) in [6, 6.07) is 3.47. The molecule has 1 aromatic heterocycles. The van der Waals surface area contributed by atoms with Gasteiger partial charge in [0.1, 0.15) is 0 Å². The molecule has 0 bridgehead atoms. The number of carbonyl (C=O) groups excluding carboxylic acids is 1. The standard InChI is InChI=1S/C14H20N4O3/c1-17(2)14(21)11-3-4-12(16-15-11)18-7-5-10(6-8-18)9-13(19)20/h3-4,10H,5-9H2,1-2H3,(H,19,20). The van der Waals surface area contributed by atoms with Crippen molar-refractivity contribution in [2.45, 2.75) is 19.3 Å². The van der Waals surface area contributed by atoms with Crippen LogP contribution in [0, 0.1) is 5.92 Å². The molecule has 1 saturated heterocycles. The van der Waals surface area contributed by atoms with Crippen molar-refractivity contribution < 1.29 is 14.7 Å². The van der Waals surface area contributed by atoms with E-state index in [1.54, 1.807) is 26.2 Å². The zero-order chi connectivity index (χ0) is 15.4. The highest BCUT2D eigenvalue weighted by molar-refractivity contribution is 5.91. The second-order valence-electron chi connectivity index (χ2n) is 5.50. The van der Waals surface area contributed by atoms with Crippen molar-refractivity contribution >= 4 is 17.7 Å². The molecule has 2 heterocycles. The number of nitrogens with zero attached hydrogens (tertiary/aromatic N) is 4. The van der Waals surface area contributed by atoms with Crippen LogP contribution in [0.15, 0.2) is 12.1 Å². The molecule has 1 fully saturated rings. The fourth-order valence-corrected chi connectivity index (χ4v) is 2.45. The summed E-state index contributed by atoms with van der Waals surface area (Å²) < 4.78 is 0. The van der Waals surface area contributed by atoms with E-state index >= 15 is 0 Å². The zero-order valence-corrected chi connectivity index (χ0v) is 12.3. The number of anilines is 1. The number of carboxylic acids is 1. The molecule has 1 aliphatic heterocycles. The number of piperidine rings is 1. The van der Waals surface area contributed by atoms with E-state index in [-0.39, 0.29) is 18.2 Å². The van der Waals surface area contributed by atoms with Gasteiger partial charge in [0, 0.05) is 33.6 Å². The van der Waals surface area contributed by atoms with Gasteiger partial charge in [0.2, 0.25) is 0 Å². The molecular formula is C14H20N4O3. The lowest BCUT2D eigenvalue weighted by Gasteiger charge is -2.31. The number of aliphatic carboxylic acids is 1. The number of aromatic nitrogens is 2. The van der Waals surface area contributed by atoms with Gasteiger partial charge in [-0.3, -0.25) is 9.59 Å². The van der Waals surface area contributed by atoms with Gasteiger partial charge in [-0.15, -0.1) is 10.2 Å². The summed E-state index contributed by atoms with van der Waals surface area (Å²) in [6.07, 6.45) is 1.91. The second-order valence-corrected chi connectivity index (χ2v) is 5.50. The molecule has 1 amide bonds. The second kappa shape index (κ2) is 6.51. The summed E-state index contributed by atoms with van der Waals surface area (Å²) in [5, 5.41) is 16.9. The number of carbonyl (C=O) groups is 2. The molecule has 0 atom stereocenters. The summed E-state index contributed by atoms with van der Waals surface area (Å²) in [5.41, 5.74) is 0.324. The summed E-state index contributed by atoms with van der Waals surface area (Å²) in [4.78, 5) is 26.0. The number of hydrogen-bond acceptors (Lipinski definition) is 5. The van der Waals surface area contributed by atoms with Crippen molar-refractivity contribution in [3.8, 4) is 0 Å². The van der Waals surface area contributed by atoms with Gasteiger partial charge in [0.25, 0.3) is 5.91 Å². The number of carboxylic acid groups (broad SMARTS) is 1. The minimum absolute atomic E-state index is 0.172. The third-order valence-corrected chi connectivity index (χ3v) is 3.68. The minimum atomic E-state index is -0.736. The fraction of sp³-hybridized carbons (Fsp3) is 0.571. The first-order chi connectivity index (χ1) is 9.97. The van der Waals surface area contributed by atoms with Crippen LogP contribution < -0.4 is 4.90 Å². The van der Waals surface area contributed by atoms with E-state index in [9.17, 15) is 9.59 Å². The van der Waals surface area contributed by atoms with E-state index in [0.717, 1.165) is 31.7 Å². The maximum Gasteiger partial charge on any atom is 0.303 e. The molecule has 7 heteroatoms. The lowest BCUT2D eigenvalue weighted by Crippen LogP contribution is -2.35. The molecule has 0 aromatic carbocycles. The van der Waals surface area contributed by atoms with Crippen molar-refractivity contribution in [3.05, 3.63) is 17.8 Å². The molecule has 1 aliphatic rings. The largest absolute Gasteiger partial charge is 0.481 e. The van der Waals surface area contributed by atoms with E-state index in [2.05, 4.69) is 15.1 Å². The van der Waals surface area contributed by atoms with Crippen molar-refractivity contribution in [3.63, 3.8) is 0 Å². The number of rotatable bonds is 4. The molecule has 1 N–H and O–H groups in total. The topological polar surface area (TPSA) is 86.6 Å². The van der Waals surface area contributed by atoms with Gasteiger partial charge in [-0.05, 0) is 30.9 Å². The van der Waals surface area contributed by atoms with Gasteiger partial charge >= 0.3 is 5.97 Å². The molecule has 0 aliphatic carbocycles. The molecule has 21 heavy (non-hydrogen) atoms. The maximum atomic E-state index is 11.7. The summed E-state index contributed by atoms with van der Waals surface area (Å²) >= 11 is 0. The highest BCUT2D eigenvalue weighted by Gasteiger charge is 2.22. The Kier molecular flexibility index (Phi) is 4.72. The van der Waals surface area contributed by atoms with E-state index in [0.29, 0.717) is 5.69 Å². The fourth-order valence-electron chi connectivity index (χ4n) is 2.45. The first kappa shape index (κ1) is 15.2. The van der Waals surface area contributed by atoms with Crippen LogP contribution in [-0.4, -0.2) is 59.3 Å². The maximum absolute atomic E-state index is 11.7. The predicted octanol–water partition coefficient (Wildman–Crippen LogP) is 0.869. The normalized spacial score (nSPS) is 15.8. The zero-order valence-electron chi connectivity index (χ0n) is 12.3. The average molecular weight is 292 g/mol. The first-order valence-electron chi connectivity index (χ1n) is 6.99. The Hall–Kier alpha value is -2.18. The Labute approximate surface area is 123 Å². The molecule has 0 spiro atoms. The van der Waals surface area contributed by atoms with Crippen LogP contribution in [-0.2, 0) is 4.79 Å². The third kappa shape index (κ3) is 3.90. The Morgan fingerprint density at radius 1 is 1.29 bits per heavy atom. The van der Waals surface area contributed by atoms with Crippen molar-refractivity contribution in [2.24, 2.45) is 5.92 Å². The van der Waals surface area contributed by atoms with Crippen LogP contribution >= 0.6 is 0 Å². The summed E-state index contributed by atoms with van der Waals surface area (Å²) in [6.45, 7) is 1.54. The van der Waals surface area contributed by atoms with Crippen LogP contribution in [0.25, 0.3) is 0 Å². The van der Waals surface area contributed by atoms with E-state index in [4.69, 9.17) is 5.11 Å². The molecule has 1 aromatic rings. The van der Waals surface area contributed by atoms with Gasteiger partial charge in [-0.2, -0.15) is 0 Å². The van der Waals surface area contributed by atoms with E-state index in [1.807, 2.05) is 0 Å². The van der Waals surface area contributed by atoms with Gasteiger partial charge in [0.15, 0.2) is 11.5 Å². The molecule has 0 unspecified atom stereocenters. The van der Waals surface area contributed by atoms with Crippen LogP contribution in [0.5, 0.6) is 0 Å². The predicted molar refractivity (Wildman–Crippen MR) is 77.2 cm³/mol. The minimum Gasteiger partial charge on any atom is -0.481 e. The number of amides is 1. The highest BCUT2D eigenvalue weighted by Crippen LogP contribution is 2.23. The monoisotopic (exact) mass is 292 g/mol. The summed E-state index contributed by atoms with van der Waals surface area (Å²) in [5.74, 6) is 0.0643. The number of hydrogen-bond donors (Lipinski definition) is 1. The van der Waals surface area contributed by atoms with E-state index < -0.39 is 5.97 Å². The molecule has 0 saturated carbocycles. The van der Waals surface area contributed by atoms with Crippen molar-refractivity contribution in [1.82, 2.24) is 15.1 Å². The Morgan fingerprint density at radius 2 is 1.95 bits per heavy atom. The smallest absolute Gasteiger partial charge is 0.303 e. The molecule has 2 rings (SSSR count). The van der Waals surface area contributed by atoms with Crippen molar-refractivity contribution in [1.29, 1.82) is 0 Å². The lowest BCUT2D eigenvalue weighted by molar-refractivity contribution is -0.138. The SMILES string of the molecule is CN(C)C(=O)c1ccc(N2CCC(CC(=O)O)CC2)nn1. The third-order valence-electron chi connectivity index (χ3n) is 3.68. The highest BCUT2D eigenvalue weighted by atomic mass is 16.4. The molecule has 0 radical (unpaired) electrons. The van der Waals surface area contributed by atoms with Gasteiger partial charge in [-0.25, -0.2) is 0 Å². The van der Waals surface area contributed by atoms with Crippen LogP contribution in [0.1, 0.15) is 29.8 Å². The molecule has 114 valence electrons. The quantitative estimate of drug-likeness (QED) is 0.886. The van der Waals surface area contributed by atoms with Gasteiger partial charge in [0.05, 0.1) is 0 Å². The Balaban J connectivity index is 1.95. The molecule has 7 nitrogen and oxygen atoms in total. The molecular weight excluding hydrogens is 272 g/mol. The lowest BCUT2D eigenvalue weighted by atomic mass is 9.94. The Morgan fingerprint density at radius 3 is 2.43 bits per heavy atom. The first-order valence-corrected chi connectivity index (χ1v) is 6.99. The Bertz CT molecular complexity index is 507. The van der Waals surface area contributed by atoms with E-state index in [1.165, 1.54) is 4.90 Å². The van der Waals surface area contributed by atoms with Crippen LogP contribution in [0.3, 0.4) is 0 Å². The van der Waals surface area contributed by atoms with Crippen LogP contribution in [0.2, 0.25) is 0 Å². The van der Waals surface area contributed by atoms with Crippen LogP contribution in [0.4, 0.5) is 5.82 Å².